The molecule has 9 nitrogen and oxygen atoms in total. The normalized spacial score (nSPS) is 17.8. The molecule has 0 radical (unpaired) electrons. The molecule has 2 aromatic carbocycles. The highest BCUT2D eigenvalue weighted by Gasteiger charge is 2.39. The first kappa shape index (κ1) is 32.1. The Kier molecular flexibility index (Phi) is 10.9. The van der Waals surface area contributed by atoms with E-state index in [0.717, 1.165) is 4.90 Å². The van der Waals surface area contributed by atoms with E-state index in [1.165, 1.54) is 55.8 Å². The number of ketones is 1. The fraction of sp³-hybridized carbons (Fsp3) is 0.419. The van der Waals surface area contributed by atoms with E-state index in [4.69, 9.17) is 11.6 Å². The van der Waals surface area contributed by atoms with Crippen LogP contribution in [0.25, 0.3) is 10.9 Å². The van der Waals surface area contributed by atoms with Gasteiger partial charge in [0.1, 0.15) is 24.6 Å². The topological polar surface area (TPSA) is 113 Å². The van der Waals surface area contributed by atoms with Crippen LogP contribution < -0.4 is 16.0 Å². The average Bonchev–Trinajstić information content (AvgIpc) is 3.75. The number of hydrogen-bond acceptors (Lipinski definition) is 5. The number of amides is 3. The third-order valence-corrected chi connectivity index (χ3v) is 7.77. The van der Waals surface area contributed by atoms with Crippen molar-refractivity contribution in [3.63, 3.8) is 0 Å². The van der Waals surface area contributed by atoms with E-state index in [2.05, 4.69) is 16.0 Å². The van der Waals surface area contributed by atoms with E-state index in [1.807, 2.05) is 0 Å². The number of carbonyl (C=O) groups is 4. The molecule has 2 atom stereocenters. The Hall–Kier alpha value is -3.83. The number of hydrogen-bond donors (Lipinski definition) is 3. The van der Waals surface area contributed by atoms with E-state index in [1.54, 1.807) is 31.2 Å². The van der Waals surface area contributed by atoms with Gasteiger partial charge in [0.15, 0.2) is 5.78 Å². The van der Waals surface area contributed by atoms with Gasteiger partial charge in [-0.2, -0.15) is 0 Å². The molecule has 2 fully saturated rings. The van der Waals surface area contributed by atoms with Crippen LogP contribution in [-0.2, 0) is 22.7 Å². The highest BCUT2D eigenvalue weighted by molar-refractivity contribution is 6.30. The number of fused-ring (bicyclic) bond motifs is 1. The molecule has 0 saturated carbocycles. The lowest BCUT2D eigenvalue weighted by molar-refractivity contribution is -0.139. The number of nitrogens with zero attached hydrogens (tertiary/aromatic N) is 2. The average molecular weight is 616 g/mol. The van der Waals surface area contributed by atoms with Gasteiger partial charge in [-0.1, -0.05) is 29.8 Å². The SMILES string of the molecule is C1CCNC1.CCNC(=O)c1ccc2c(C(C)=O)cn(CC(=O)N3C[C@H](F)C[C@H]3C(=O)NCc3cccc(Cl)c3F)c2c1. The second-order valence-electron chi connectivity index (χ2n) is 10.6. The summed E-state index contributed by atoms with van der Waals surface area (Å²) in [5.74, 6) is -2.33. The lowest BCUT2D eigenvalue weighted by Gasteiger charge is -2.24. The molecule has 2 aliphatic rings. The van der Waals surface area contributed by atoms with E-state index < -0.39 is 29.8 Å². The van der Waals surface area contributed by atoms with Crippen LogP contribution in [-0.4, -0.2) is 71.4 Å². The van der Waals surface area contributed by atoms with Gasteiger partial charge in [-0.15, -0.1) is 0 Å². The Morgan fingerprint density at radius 3 is 2.49 bits per heavy atom. The number of Topliss-reactive ketones (excluding diaryl/α,β-unsaturated/α-hetero) is 1. The largest absolute Gasteiger partial charge is 0.352 e. The molecular weight excluding hydrogens is 580 g/mol. The molecule has 3 heterocycles. The van der Waals surface area contributed by atoms with Gasteiger partial charge in [-0.3, -0.25) is 19.2 Å². The first-order valence-corrected chi connectivity index (χ1v) is 14.7. The summed E-state index contributed by atoms with van der Waals surface area (Å²) in [6.45, 7) is 5.40. The smallest absolute Gasteiger partial charge is 0.251 e. The number of carbonyl (C=O) groups excluding carboxylic acids is 4. The van der Waals surface area contributed by atoms with E-state index in [-0.39, 0.29) is 48.3 Å². The van der Waals surface area contributed by atoms with Crippen LogP contribution in [0, 0.1) is 5.82 Å². The van der Waals surface area contributed by atoms with Crippen LogP contribution in [0.4, 0.5) is 8.78 Å². The summed E-state index contributed by atoms with van der Waals surface area (Å²) in [6, 6.07) is 8.15. The summed E-state index contributed by atoms with van der Waals surface area (Å²) in [7, 11) is 0. The van der Waals surface area contributed by atoms with Crippen LogP contribution in [0.2, 0.25) is 5.02 Å². The van der Waals surface area contributed by atoms with Gasteiger partial charge in [0, 0.05) is 47.8 Å². The van der Waals surface area contributed by atoms with Crippen LogP contribution in [0.1, 0.15) is 59.4 Å². The lowest BCUT2D eigenvalue weighted by atomic mass is 10.1. The quantitative estimate of drug-likeness (QED) is 0.332. The molecule has 0 unspecified atom stereocenters. The van der Waals surface area contributed by atoms with Gasteiger partial charge in [0.25, 0.3) is 5.91 Å². The van der Waals surface area contributed by atoms with E-state index in [0.29, 0.717) is 28.6 Å². The third-order valence-electron chi connectivity index (χ3n) is 7.48. The fourth-order valence-electron chi connectivity index (χ4n) is 5.26. The molecule has 3 amide bonds. The Morgan fingerprint density at radius 2 is 1.84 bits per heavy atom. The summed E-state index contributed by atoms with van der Waals surface area (Å²) in [5, 5.41) is 8.98. The zero-order chi connectivity index (χ0) is 31.1. The van der Waals surface area contributed by atoms with Crippen molar-refractivity contribution in [3.8, 4) is 0 Å². The number of rotatable bonds is 8. The Morgan fingerprint density at radius 1 is 1.09 bits per heavy atom. The molecular formula is C31H36ClF2N5O4. The maximum absolute atomic E-state index is 14.4. The summed E-state index contributed by atoms with van der Waals surface area (Å²) >= 11 is 5.79. The molecule has 0 aliphatic carbocycles. The first-order chi connectivity index (χ1) is 20.6. The summed E-state index contributed by atoms with van der Waals surface area (Å²) in [5.41, 5.74) is 1.38. The Balaban J connectivity index is 0.000000767. The number of halogens is 3. The maximum Gasteiger partial charge on any atom is 0.251 e. The van der Waals surface area contributed by atoms with Crippen molar-refractivity contribution in [2.45, 2.75) is 58.4 Å². The second kappa shape index (κ2) is 14.6. The van der Waals surface area contributed by atoms with Gasteiger partial charge < -0.3 is 25.4 Å². The van der Waals surface area contributed by atoms with Crippen LogP contribution in [0.15, 0.2) is 42.6 Å². The van der Waals surface area contributed by atoms with Crippen molar-refractivity contribution in [1.82, 2.24) is 25.4 Å². The minimum absolute atomic E-state index is 0.0857. The molecule has 12 heteroatoms. The van der Waals surface area contributed by atoms with Crippen molar-refractivity contribution < 1.29 is 28.0 Å². The van der Waals surface area contributed by atoms with Crippen LogP contribution >= 0.6 is 11.6 Å². The van der Waals surface area contributed by atoms with Crippen molar-refractivity contribution in [2.24, 2.45) is 0 Å². The first-order valence-electron chi connectivity index (χ1n) is 14.4. The standard InChI is InChI=1S/C27H27ClF2N4O4.C4H9N/c1-3-31-26(37)16-7-8-19-20(15(2)35)13-33(22(19)9-16)14-24(36)34-12-18(29)10-23(34)27(38)32-11-17-5-4-6-21(28)25(17)30;1-2-4-5-3-1/h4-9,13,18,23H,3,10-12,14H2,1-2H3,(H,31,37)(H,32,38);5H,1-4H2/t18-,23+;/m1./s1. The van der Waals surface area contributed by atoms with Crippen molar-refractivity contribution >= 4 is 46.0 Å². The van der Waals surface area contributed by atoms with E-state index in [9.17, 15) is 28.0 Å². The maximum atomic E-state index is 14.4. The molecule has 3 aromatic rings. The monoisotopic (exact) mass is 615 g/mol. The van der Waals surface area contributed by atoms with Crippen molar-refractivity contribution in [3.05, 3.63) is 70.1 Å². The Labute approximate surface area is 253 Å². The predicted octanol–water partition coefficient (Wildman–Crippen LogP) is 4.01. The van der Waals surface area contributed by atoms with Gasteiger partial charge in [-0.05, 0) is 58.0 Å². The van der Waals surface area contributed by atoms with Gasteiger partial charge in [-0.25, -0.2) is 8.78 Å². The number of alkyl halides is 1. The van der Waals surface area contributed by atoms with Gasteiger partial charge in [0.05, 0.1) is 17.1 Å². The highest BCUT2D eigenvalue weighted by Crippen LogP contribution is 2.26. The highest BCUT2D eigenvalue weighted by atomic mass is 35.5. The minimum Gasteiger partial charge on any atom is -0.352 e. The number of aromatic nitrogens is 1. The predicted molar refractivity (Wildman–Crippen MR) is 160 cm³/mol. The Bertz CT molecular complexity index is 1500. The number of likely N-dealkylation sites (tertiary alicyclic amines) is 1. The number of nitrogens with one attached hydrogen (secondary N) is 3. The molecule has 2 saturated heterocycles. The van der Waals surface area contributed by atoms with Crippen LogP contribution in [0.3, 0.4) is 0 Å². The fourth-order valence-corrected chi connectivity index (χ4v) is 5.46. The van der Waals surface area contributed by atoms with Crippen LogP contribution in [0.5, 0.6) is 0 Å². The third kappa shape index (κ3) is 7.77. The van der Waals surface area contributed by atoms with E-state index >= 15 is 0 Å². The molecule has 0 spiro atoms. The van der Waals surface area contributed by atoms with Gasteiger partial charge >= 0.3 is 0 Å². The number of benzene rings is 2. The molecule has 230 valence electrons. The zero-order valence-corrected chi connectivity index (χ0v) is 25.0. The molecule has 1 aromatic heterocycles. The second-order valence-corrected chi connectivity index (χ2v) is 11.0. The lowest BCUT2D eigenvalue weighted by Crippen LogP contribution is -2.46. The van der Waals surface area contributed by atoms with Crippen molar-refractivity contribution in [1.29, 1.82) is 0 Å². The molecule has 0 bridgehead atoms. The summed E-state index contributed by atoms with van der Waals surface area (Å²) in [4.78, 5) is 51.9. The minimum atomic E-state index is -1.41. The zero-order valence-electron chi connectivity index (χ0n) is 24.2. The molecule has 5 rings (SSSR count). The molecule has 2 aliphatic heterocycles. The molecule has 3 N–H and O–H groups in total. The molecule has 43 heavy (non-hydrogen) atoms. The van der Waals surface area contributed by atoms with Gasteiger partial charge in [0.2, 0.25) is 11.8 Å². The summed E-state index contributed by atoms with van der Waals surface area (Å²) < 4.78 is 30.1. The van der Waals surface area contributed by atoms with Crippen molar-refractivity contribution in [2.75, 3.05) is 26.2 Å². The summed E-state index contributed by atoms with van der Waals surface area (Å²) in [6.07, 6.45) is 2.70.